The molecular weight excluding hydrogens is 552 g/mol. The molecule has 3 aromatic carbocycles. The van der Waals surface area contributed by atoms with E-state index in [1.54, 1.807) is 16.9 Å². The van der Waals surface area contributed by atoms with Crippen molar-refractivity contribution in [1.82, 2.24) is 14.7 Å². The monoisotopic (exact) mass is 594 g/mol. The highest BCUT2D eigenvalue weighted by Crippen LogP contribution is 2.28. The molecule has 2 amide bonds. The van der Waals surface area contributed by atoms with E-state index in [9.17, 15) is 9.59 Å². The zero-order valence-corrected chi connectivity index (χ0v) is 26.3. The Hall–Kier alpha value is -3.88. The van der Waals surface area contributed by atoms with Crippen LogP contribution in [0.1, 0.15) is 25.0 Å². The van der Waals surface area contributed by atoms with Crippen LogP contribution in [-0.2, 0) is 9.59 Å². The summed E-state index contributed by atoms with van der Waals surface area (Å²) in [6, 6.07) is 25.2. The number of benzene rings is 3. The number of carbonyl (C=O) groups excluding carboxylic acids is 2. The number of hydrogen-bond acceptors (Lipinski definition) is 6. The van der Waals surface area contributed by atoms with Crippen LogP contribution in [0.25, 0.3) is 0 Å². The lowest BCUT2D eigenvalue weighted by atomic mass is 10.1. The minimum Gasteiger partial charge on any atom is -0.497 e. The molecule has 2 aliphatic heterocycles. The number of likely N-dealkylation sites (N-methyl/N-ethyl adjacent to an activating group) is 2. The van der Waals surface area contributed by atoms with Gasteiger partial charge < -0.3 is 14.4 Å². The molecule has 9 heteroatoms. The van der Waals surface area contributed by atoms with Crippen molar-refractivity contribution in [1.29, 1.82) is 0 Å². The maximum absolute atomic E-state index is 11.0. The molecule has 1 saturated heterocycles. The van der Waals surface area contributed by atoms with Gasteiger partial charge >= 0.3 is 0 Å². The lowest BCUT2D eigenvalue weighted by Gasteiger charge is -2.28. The van der Waals surface area contributed by atoms with Gasteiger partial charge in [-0.15, -0.1) is 0 Å². The number of amidine groups is 1. The summed E-state index contributed by atoms with van der Waals surface area (Å²) in [5.74, 6) is 2.29. The van der Waals surface area contributed by atoms with Crippen LogP contribution in [0.2, 0.25) is 5.02 Å². The molecule has 0 atom stereocenters. The molecule has 0 aromatic heterocycles. The number of ether oxygens (including phenoxy) is 2. The Bertz CT molecular complexity index is 1220. The molecule has 226 valence electrons. The second kappa shape index (κ2) is 18.5. The number of piperazine rings is 1. The molecule has 0 unspecified atom stereocenters. The summed E-state index contributed by atoms with van der Waals surface area (Å²) in [5.41, 5.74) is 2.14. The molecule has 2 heterocycles. The normalized spacial score (nSPS) is 14.4. The third-order valence-electron chi connectivity index (χ3n) is 6.12. The molecule has 2 aliphatic rings. The predicted octanol–water partition coefficient (Wildman–Crippen LogP) is 5.43. The first kappa shape index (κ1) is 34.3. The summed E-state index contributed by atoms with van der Waals surface area (Å²) in [4.78, 5) is 31.7. The van der Waals surface area contributed by atoms with E-state index in [-0.39, 0.29) is 12.0 Å². The van der Waals surface area contributed by atoms with Gasteiger partial charge in [-0.3, -0.25) is 24.4 Å². The molecule has 0 spiro atoms. The van der Waals surface area contributed by atoms with E-state index < -0.39 is 0 Å². The van der Waals surface area contributed by atoms with Crippen LogP contribution in [0, 0.1) is 6.92 Å². The summed E-state index contributed by atoms with van der Waals surface area (Å²) in [5, 5.41) is 0.794. The highest BCUT2D eigenvalue weighted by molar-refractivity contribution is 6.30. The quantitative estimate of drug-likeness (QED) is 0.369. The van der Waals surface area contributed by atoms with Gasteiger partial charge in [0.2, 0.25) is 12.3 Å². The first-order valence-electron chi connectivity index (χ1n) is 13.9. The fourth-order valence-electron chi connectivity index (χ4n) is 3.79. The van der Waals surface area contributed by atoms with Crippen molar-refractivity contribution in [2.24, 2.45) is 4.99 Å². The predicted molar refractivity (Wildman–Crippen MR) is 171 cm³/mol. The summed E-state index contributed by atoms with van der Waals surface area (Å²) < 4.78 is 11.0. The number of nitrogens with zero attached hydrogens (tertiary/aromatic N) is 4. The Morgan fingerprint density at radius 1 is 0.929 bits per heavy atom. The summed E-state index contributed by atoms with van der Waals surface area (Å²) >= 11 is 5.54. The lowest BCUT2D eigenvalue weighted by molar-refractivity contribution is -0.133. The third-order valence-corrected chi connectivity index (χ3v) is 6.37. The van der Waals surface area contributed by atoms with Gasteiger partial charge in [-0.2, -0.15) is 0 Å². The van der Waals surface area contributed by atoms with Crippen molar-refractivity contribution in [2.75, 3.05) is 53.9 Å². The van der Waals surface area contributed by atoms with Crippen molar-refractivity contribution in [3.05, 3.63) is 95.0 Å². The number of rotatable bonds is 5. The SMILES string of the molecule is CN1CCN(C)C(=O)C1.COc1ccc(C2=NCCN2C=O)c(OC(C)C)c1.Cc1ccccc1.Clc1ccccc1. The number of aliphatic imine (C=N–C) groups is 1. The highest BCUT2D eigenvalue weighted by atomic mass is 35.5. The Balaban J connectivity index is 0.000000221. The molecule has 8 nitrogen and oxygen atoms in total. The minimum atomic E-state index is 0.0394. The van der Waals surface area contributed by atoms with Crippen LogP contribution < -0.4 is 9.47 Å². The van der Waals surface area contributed by atoms with E-state index in [1.165, 1.54) is 5.56 Å². The first-order chi connectivity index (χ1) is 20.1. The zero-order chi connectivity index (χ0) is 30.9. The van der Waals surface area contributed by atoms with Crippen molar-refractivity contribution in [3.8, 4) is 11.5 Å². The molecule has 0 radical (unpaired) electrons. The summed E-state index contributed by atoms with van der Waals surface area (Å²) in [7, 11) is 5.42. The molecule has 0 bridgehead atoms. The highest BCUT2D eigenvalue weighted by Gasteiger charge is 2.22. The number of aryl methyl sites for hydroxylation is 1. The molecule has 0 N–H and O–H groups in total. The van der Waals surface area contributed by atoms with Crippen LogP contribution in [0.3, 0.4) is 0 Å². The van der Waals surface area contributed by atoms with Gasteiger partial charge in [0.15, 0.2) is 0 Å². The molecule has 5 rings (SSSR count). The van der Waals surface area contributed by atoms with Crippen molar-refractivity contribution < 1.29 is 19.1 Å². The third kappa shape index (κ3) is 12.3. The van der Waals surface area contributed by atoms with Crippen LogP contribution in [-0.4, -0.2) is 92.9 Å². The van der Waals surface area contributed by atoms with Crippen molar-refractivity contribution >= 4 is 29.8 Å². The number of carbonyl (C=O) groups is 2. The van der Waals surface area contributed by atoms with Gasteiger partial charge in [0.1, 0.15) is 17.3 Å². The molecular formula is C33H43ClN4O4. The van der Waals surface area contributed by atoms with Gasteiger partial charge in [-0.25, -0.2) is 0 Å². The topological polar surface area (TPSA) is 74.7 Å². The van der Waals surface area contributed by atoms with Gasteiger partial charge in [0, 0.05) is 37.8 Å². The van der Waals surface area contributed by atoms with E-state index >= 15 is 0 Å². The molecule has 3 aromatic rings. The van der Waals surface area contributed by atoms with Crippen LogP contribution >= 0.6 is 11.6 Å². The second-order valence-corrected chi connectivity index (χ2v) is 10.5. The number of amides is 2. The van der Waals surface area contributed by atoms with Gasteiger partial charge in [-0.1, -0.05) is 65.7 Å². The van der Waals surface area contributed by atoms with Gasteiger partial charge in [-0.05, 0) is 52.1 Å². The molecule has 42 heavy (non-hydrogen) atoms. The summed E-state index contributed by atoms with van der Waals surface area (Å²) in [6.07, 6.45) is 0.840. The summed E-state index contributed by atoms with van der Waals surface area (Å²) in [6.45, 7) is 9.69. The fourth-order valence-corrected chi connectivity index (χ4v) is 3.94. The minimum absolute atomic E-state index is 0.0394. The smallest absolute Gasteiger partial charge is 0.236 e. The van der Waals surface area contributed by atoms with Crippen molar-refractivity contribution in [2.45, 2.75) is 26.9 Å². The number of methoxy groups -OCH3 is 1. The molecule has 0 aliphatic carbocycles. The van der Waals surface area contributed by atoms with Crippen LogP contribution in [0.15, 0.2) is 83.9 Å². The maximum atomic E-state index is 11.0. The first-order valence-corrected chi connectivity index (χ1v) is 14.3. The standard InChI is InChI=1S/C14H18N2O3.C7H8.C6H5Cl.C6H12N2O/c1-10(2)19-13-8-11(18-3)4-5-12(13)14-15-6-7-16(14)9-17;1-7-5-3-2-4-6-7;7-6-4-2-1-3-5-6;1-7-3-4-8(2)6(9)5-7/h4-5,8-10H,6-7H2,1-3H3;2-6H,1H3;1-5H;3-5H2,1-2H3. The molecule has 1 fully saturated rings. The van der Waals surface area contributed by atoms with E-state index in [1.807, 2.05) is 99.6 Å². The fraction of sp³-hybridized carbons (Fsp3) is 0.364. The zero-order valence-electron chi connectivity index (χ0n) is 25.5. The Morgan fingerprint density at radius 2 is 1.57 bits per heavy atom. The van der Waals surface area contributed by atoms with E-state index in [0.29, 0.717) is 31.2 Å². The Labute approximate surface area is 255 Å². The number of hydrogen-bond donors (Lipinski definition) is 0. The van der Waals surface area contributed by atoms with Crippen LogP contribution in [0.5, 0.6) is 11.5 Å². The van der Waals surface area contributed by atoms with Crippen molar-refractivity contribution in [3.63, 3.8) is 0 Å². The second-order valence-electron chi connectivity index (χ2n) is 10.0. The number of halogens is 1. The van der Waals surface area contributed by atoms with E-state index in [2.05, 4.69) is 24.0 Å². The van der Waals surface area contributed by atoms with Crippen LogP contribution in [0.4, 0.5) is 0 Å². The molecule has 0 saturated carbocycles. The Kier molecular flexibility index (Phi) is 15.1. The Morgan fingerprint density at radius 3 is 2.02 bits per heavy atom. The lowest BCUT2D eigenvalue weighted by Crippen LogP contribution is -2.46. The van der Waals surface area contributed by atoms with E-state index in [0.717, 1.165) is 35.8 Å². The van der Waals surface area contributed by atoms with Gasteiger partial charge in [0.05, 0.1) is 31.9 Å². The maximum Gasteiger partial charge on any atom is 0.236 e. The van der Waals surface area contributed by atoms with E-state index in [4.69, 9.17) is 21.1 Å². The average molecular weight is 595 g/mol. The van der Waals surface area contributed by atoms with Gasteiger partial charge in [0.25, 0.3) is 0 Å². The average Bonchev–Trinajstić information content (AvgIpc) is 3.45. The largest absolute Gasteiger partial charge is 0.497 e.